The first-order valence-corrected chi connectivity index (χ1v) is 6.45. The number of aromatic nitrogens is 2. The predicted molar refractivity (Wildman–Crippen MR) is 59.4 cm³/mol. The fourth-order valence-corrected chi connectivity index (χ4v) is 2.47. The van der Waals surface area contributed by atoms with Crippen LogP contribution in [0.2, 0.25) is 0 Å². The molecule has 0 aliphatic heterocycles. The Morgan fingerprint density at radius 1 is 1.56 bits per heavy atom. The maximum atomic E-state index is 11.9. The Morgan fingerprint density at radius 3 is 2.69 bits per heavy atom. The van der Waals surface area contributed by atoms with E-state index in [1.807, 2.05) is 13.8 Å². The van der Waals surface area contributed by atoms with Crippen LogP contribution in [0, 0.1) is 5.92 Å². The van der Waals surface area contributed by atoms with Gasteiger partial charge in [-0.25, -0.2) is 13.1 Å². The molecule has 0 aliphatic rings. The number of hydrogen-bond donors (Lipinski definition) is 2. The van der Waals surface area contributed by atoms with Crippen LogP contribution in [-0.2, 0) is 14.8 Å². The van der Waals surface area contributed by atoms with Crippen LogP contribution in [0.4, 0.5) is 0 Å². The quantitative estimate of drug-likeness (QED) is 0.760. The summed E-state index contributed by atoms with van der Waals surface area (Å²) in [5, 5.41) is 6.08. The highest BCUT2D eigenvalue weighted by molar-refractivity contribution is 7.89. The highest BCUT2D eigenvalue weighted by atomic mass is 32.2. The van der Waals surface area contributed by atoms with E-state index in [0.717, 1.165) is 0 Å². The number of nitrogens with one attached hydrogen (secondary N) is 2. The zero-order valence-corrected chi connectivity index (χ0v) is 10.4. The van der Waals surface area contributed by atoms with E-state index in [2.05, 4.69) is 14.9 Å². The Balaban J connectivity index is 2.78. The van der Waals surface area contributed by atoms with Gasteiger partial charge < -0.3 is 4.74 Å². The van der Waals surface area contributed by atoms with Gasteiger partial charge in [0.1, 0.15) is 4.90 Å². The first kappa shape index (κ1) is 13.1. The first-order chi connectivity index (χ1) is 7.47. The SMILES string of the molecule is COCC(NS(=O)(=O)c1cn[nH]c1)C(C)C. The van der Waals surface area contributed by atoms with Crippen molar-refractivity contribution in [3.05, 3.63) is 12.4 Å². The monoisotopic (exact) mass is 247 g/mol. The van der Waals surface area contributed by atoms with Crippen LogP contribution in [0.1, 0.15) is 13.8 Å². The van der Waals surface area contributed by atoms with Crippen LogP contribution in [0.15, 0.2) is 17.3 Å². The Hall–Kier alpha value is -0.920. The molecule has 0 fully saturated rings. The first-order valence-electron chi connectivity index (χ1n) is 4.97. The lowest BCUT2D eigenvalue weighted by molar-refractivity contribution is 0.157. The molecule has 0 spiro atoms. The van der Waals surface area contributed by atoms with Crippen LogP contribution in [0.3, 0.4) is 0 Å². The lowest BCUT2D eigenvalue weighted by Crippen LogP contribution is -2.41. The second kappa shape index (κ2) is 5.42. The van der Waals surface area contributed by atoms with Crippen molar-refractivity contribution in [3.63, 3.8) is 0 Å². The second-order valence-electron chi connectivity index (χ2n) is 3.86. The van der Waals surface area contributed by atoms with E-state index in [1.165, 1.54) is 12.4 Å². The van der Waals surface area contributed by atoms with Crippen LogP contribution >= 0.6 is 0 Å². The molecule has 0 saturated heterocycles. The summed E-state index contributed by atoms with van der Waals surface area (Å²) in [6, 6.07) is -0.245. The minimum atomic E-state index is -3.51. The summed E-state index contributed by atoms with van der Waals surface area (Å²) in [4.78, 5) is 0.134. The summed E-state index contributed by atoms with van der Waals surface area (Å²) in [7, 11) is -1.96. The fourth-order valence-electron chi connectivity index (χ4n) is 1.20. The normalized spacial score (nSPS) is 14.2. The molecule has 0 aromatic carbocycles. The third kappa shape index (κ3) is 3.29. The van der Waals surface area contributed by atoms with E-state index in [1.54, 1.807) is 7.11 Å². The maximum Gasteiger partial charge on any atom is 0.244 e. The van der Waals surface area contributed by atoms with E-state index < -0.39 is 10.0 Å². The molecule has 0 saturated carbocycles. The molecule has 1 rings (SSSR count). The van der Waals surface area contributed by atoms with Crippen molar-refractivity contribution in [1.82, 2.24) is 14.9 Å². The number of sulfonamides is 1. The Morgan fingerprint density at radius 2 is 2.25 bits per heavy atom. The van der Waals surface area contributed by atoms with Crippen LogP contribution in [0.25, 0.3) is 0 Å². The van der Waals surface area contributed by atoms with Crippen molar-refractivity contribution in [2.75, 3.05) is 13.7 Å². The smallest absolute Gasteiger partial charge is 0.244 e. The summed E-state index contributed by atoms with van der Waals surface area (Å²) in [5.41, 5.74) is 0. The summed E-state index contributed by atoms with van der Waals surface area (Å²) < 4.78 is 31.3. The van der Waals surface area contributed by atoms with Gasteiger partial charge in [-0.1, -0.05) is 13.8 Å². The van der Waals surface area contributed by atoms with Gasteiger partial charge in [0.25, 0.3) is 0 Å². The van der Waals surface area contributed by atoms with Crippen molar-refractivity contribution >= 4 is 10.0 Å². The van der Waals surface area contributed by atoms with E-state index in [0.29, 0.717) is 6.61 Å². The highest BCUT2D eigenvalue weighted by Gasteiger charge is 2.22. The van der Waals surface area contributed by atoms with Crippen molar-refractivity contribution in [3.8, 4) is 0 Å². The van der Waals surface area contributed by atoms with Gasteiger partial charge in [-0.3, -0.25) is 5.10 Å². The van der Waals surface area contributed by atoms with Gasteiger partial charge in [-0.05, 0) is 5.92 Å². The molecule has 0 amide bonds. The zero-order valence-electron chi connectivity index (χ0n) is 9.60. The molecule has 1 aromatic rings. The summed E-state index contributed by atoms with van der Waals surface area (Å²) in [6.07, 6.45) is 2.61. The van der Waals surface area contributed by atoms with Crippen molar-refractivity contribution < 1.29 is 13.2 Å². The average Bonchev–Trinajstić information content (AvgIpc) is 2.69. The molecule has 2 N–H and O–H groups in total. The topological polar surface area (TPSA) is 84.1 Å². The molecule has 1 atom stereocenters. The van der Waals surface area contributed by atoms with E-state index >= 15 is 0 Å². The standard InChI is InChI=1S/C9H17N3O3S/c1-7(2)9(6-15-3)12-16(13,14)8-4-10-11-5-8/h4-5,7,9,12H,6H2,1-3H3,(H,10,11). The van der Waals surface area contributed by atoms with Crippen molar-refractivity contribution in [2.24, 2.45) is 5.92 Å². The van der Waals surface area contributed by atoms with Gasteiger partial charge in [-0.15, -0.1) is 0 Å². The predicted octanol–water partition coefficient (Wildman–Crippen LogP) is 0.359. The number of methoxy groups -OCH3 is 1. The lowest BCUT2D eigenvalue weighted by Gasteiger charge is -2.20. The number of aromatic amines is 1. The largest absolute Gasteiger partial charge is 0.383 e. The van der Waals surface area contributed by atoms with E-state index in [9.17, 15) is 8.42 Å². The number of hydrogen-bond acceptors (Lipinski definition) is 4. The molecule has 0 radical (unpaired) electrons. The minimum absolute atomic E-state index is 0.134. The molecular formula is C9H17N3O3S. The number of H-pyrrole nitrogens is 1. The van der Waals surface area contributed by atoms with Crippen LogP contribution in [-0.4, -0.2) is 38.4 Å². The van der Waals surface area contributed by atoms with Crippen LogP contribution < -0.4 is 4.72 Å². The Labute approximate surface area is 95.4 Å². The lowest BCUT2D eigenvalue weighted by atomic mass is 10.1. The second-order valence-corrected chi connectivity index (χ2v) is 5.58. The van der Waals surface area contributed by atoms with Gasteiger partial charge >= 0.3 is 0 Å². The average molecular weight is 247 g/mol. The van der Waals surface area contributed by atoms with Crippen molar-refractivity contribution in [1.29, 1.82) is 0 Å². The third-order valence-corrected chi connectivity index (χ3v) is 3.70. The van der Waals surface area contributed by atoms with Gasteiger partial charge in [0.05, 0.1) is 12.8 Å². The Bertz CT molecular complexity index is 400. The molecule has 7 heteroatoms. The molecular weight excluding hydrogens is 230 g/mol. The van der Waals surface area contributed by atoms with Gasteiger partial charge in [0.15, 0.2) is 0 Å². The van der Waals surface area contributed by atoms with E-state index in [-0.39, 0.29) is 16.9 Å². The zero-order chi connectivity index (χ0) is 12.2. The molecule has 1 heterocycles. The number of ether oxygens (including phenoxy) is 1. The summed E-state index contributed by atoms with van der Waals surface area (Å²) in [6.45, 7) is 4.21. The van der Waals surface area contributed by atoms with Gasteiger partial charge in [-0.2, -0.15) is 5.10 Å². The minimum Gasteiger partial charge on any atom is -0.383 e. The molecule has 1 unspecified atom stereocenters. The Kier molecular flexibility index (Phi) is 4.45. The van der Waals surface area contributed by atoms with Crippen LogP contribution in [0.5, 0.6) is 0 Å². The highest BCUT2D eigenvalue weighted by Crippen LogP contribution is 2.09. The third-order valence-electron chi connectivity index (χ3n) is 2.24. The summed E-state index contributed by atoms with van der Waals surface area (Å²) in [5.74, 6) is 0.154. The number of nitrogens with zero attached hydrogens (tertiary/aromatic N) is 1. The fraction of sp³-hybridized carbons (Fsp3) is 0.667. The molecule has 16 heavy (non-hydrogen) atoms. The summed E-state index contributed by atoms with van der Waals surface area (Å²) >= 11 is 0. The molecule has 92 valence electrons. The molecule has 0 aliphatic carbocycles. The maximum absolute atomic E-state index is 11.9. The molecule has 6 nitrogen and oxygen atoms in total. The number of rotatable bonds is 6. The molecule has 0 bridgehead atoms. The van der Waals surface area contributed by atoms with Crippen molar-refractivity contribution in [2.45, 2.75) is 24.8 Å². The van der Waals surface area contributed by atoms with E-state index in [4.69, 9.17) is 4.74 Å². The van der Waals surface area contributed by atoms with Gasteiger partial charge in [0.2, 0.25) is 10.0 Å². The van der Waals surface area contributed by atoms with Gasteiger partial charge in [0, 0.05) is 19.3 Å². The molecule has 1 aromatic heterocycles.